The second-order valence-electron chi connectivity index (χ2n) is 5.06. The third kappa shape index (κ3) is 3.62. The number of carbonyl (C=O) groups excluding carboxylic acids is 1. The molecule has 2 rings (SSSR count). The SMILES string of the molecule is CCOC(=O)[C@H]1CC[C@@H](C2C=C(F)C=C(F)C2)CN1. The van der Waals surface area contributed by atoms with Gasteiger partial charge in [-0.3, -0.25) is 4.79 Å². The highest BCUT2D eigenvalue weighted by molar-refractivity contribution is 5.75. The van der Waals surface area contributed by atoms with Crippen LogP contribution in [0.3, 0.4) is 0 Å². The number of esters is 1. The van der Waals surface area contributed by atoms with Crippen LogP contribution in [0, 0.1) is 11.8 Å². The molecule has 0 spiro atoms. The molecule has 0 radical (unpaired) electrons. The van der Waals surface area contributed by atoms with E-state index in [2.05, 4.69) is 5.32 Å². The van der Waals surface area contributed by atoms with Gasteiger partial charge in [-0.2, -0.15) is 0 Å². The molecule has 1 aliphatic carbocycles. The molecule has 5 heteroatoms. The van der Waals surface area contributed by atoms with Crippen LogP contribution < -0.4 is 5.32 Å². The van der Waals surface area contributed by atoms with Gasteiger partial charge in [0.25, 0.3) is 0 Å². The Kier molecular flexibility index (Phi) is 4.69. The van der Waals surface area contributed by atoms with Crippen molar-refractivity contribution in [2.24, 2.45) is 11.8 Å². The molecular formula is C14H19F2NO2. The van der Waals surface area contributed by atoms with Crippen LogP contribution in [-0.2, 0) is 9.53 Å². The molecular weight excluding hydrogens is 252 g/mol. The van der Waals surface area contributed by atoms with Gasteiger partial charge in [-0.25, -0.2) is 8.78 Å². The number of hydrogen-bond donors (Lipinski definition) is 1. The maximum Gasteiger partial charge on any atom is 0.323 e. The van der Waals surface area contributed by atoms with Crippen molar-refractivity contribution in [3.05, 3.63) is 23.8 Å². The quantitative estimate of drug-likeness (QED) is 0.802. The number of piperidine rings is 1. The predicted octanol–water partition coefficient (Wildman–Crippen LogP) is 2.64. The Labute approximate surface area is 111 Å². The van der Waals surface area contributed by atoms with Gasteiger partial charge in [-0.15, -0.1) is 0 Å². The molecule has 2 aliphatic rings. The van der Waals surface area contributed by atoms with Crippen molar-refractivity contribution in [3.63, 3.8) is 0 Å². The van der Waals surface area contributed by atoms with Crippen molar-refractivity contribution in [3.8, 4) is 0 Å². The second kappa shape index (κ2) is 6.28. The number of allylic oxidation sites excluding steroid dienone is 4. The van der Waals surface area contributed by atoms with Gasteiger partial charge >= 0.3 is 5.97 Å². The standard InChI is InChI=1S/C14H19F2NO2/c1-2-19-14(18)13-4-3-9(8-17-13)10-5-11(15)7-12(16)6-10/h5,7,9-10,13,17H,2-4,6,8H2,1H3/t9-,10?,13-/m1/s1. The molecule has 1 saturated heterocycles. The van der Waals surface area contributed by atoms with E-state index >= 15 is 0 Å². The lowest BCUT2D eigenvalue weighted by molar-refractivity contribution is -0.146. The lowest BCUT2D eigenvalue weighted by atomic mass is 9.80. The van der Waals surface area contributed by atoms with E-state index in [1.165, 1.54) is 6.08 Å². The van der Waals surface area contributed by atoms with E-state index < -0.39 is 11.7 Å². The number of carbonyl (C=O) groups is 1. The molecule has 1 N–H and O–H groups in total. The van der Waals surface area contributed by atoms with Crippen LogP contribution in [0.5, 0.6) is 0 Å². The average molecular weight is 271 g/mol. The summed E-state index contributed by atoms with van der Waals surface area (Å²) in [5.74, 6) is -1.10. The molecule has 3 nitrogen and oxygen atoms in total. The van der Waals surface area contributed by atoms with Gasteiger partial charge in [0.2, 0.25) is 0 Å². The zero-order valence-electron chi connectivity index (χ0n) is 11.0. The lowest BCUT2D eigenvalue weighted by Gasteiger charge is -2.33. The van der Waals surface area contributed by atoms with Crippen LogP contribution in [0.15, 0.2) is 23.8 Å². The van der Waals surface area contributed by atoms with Crippen molar-refractivity contribution in [1.82, 2.24) is 5.32 Å². The maximum absolute atomic E-state index is 13.2. The summed E-state index contributed by atoms with van der Waals surface area (Å²) in [6, 6.07) is -0.283. The minimum Gasteiger partial charge on any atom is -0.465 e. The molecule has 19 heavy (non-hydrogen) atoms. The minimum absolute atomic E-state index is 0.124. The Morgan fingerprint density at radius 1 is 1.47 bits per heavy atom. The van der Waals surface area contributed by atoms with Crippen LogP contribution in [0.25, 0.3) is 0 Å². The Balaban J connectivity index is 1.87. The predicted molar refractivity (Wildman–Crippen MR) is 67.6 cm³/mol. The van der Waals surface area contributed by atoms with Gasteiger partial charge in [-0.1, -0.05) is 0 Å². The molecule has 0 saturated carbocycles. The summed E-state index contributed by atoms with van der Waals surface area (Å²) in [6.45, 7) is 2.73. The van der Waals surface area contributed by atoms with Crippen LogP contribution in [0.4, 0.5) is 8.78 Å². The first-order chi connectivity index (χ1) is 9.10. The molecule has 0 bridgehead atoms. The molecule has 1 aliphatic heterocycles. The Hall–Kier alpha value is -1.23. The fourth-order valence-corrected chi connectivity index (χ4v) is 2.74. The largest absolute Gasteiger partial charge is 0.465 e. The first-order valence-electron chi connectivity index (χ1n) is 6.73. The Morgan fingerprint density at radius 2 is 2.26 bits per heavy atom. The third-order valence-corrected chi connectivity index (χ3v) is 3.73. The summed E-state index contributed by atoms with van der Waals surface area (Å²) in [7, 11) is 0. The summed E-state index contributed by atoms with van der Waals surface area (Å²) in [5, 5.41) is 3.11. The van der Waals surface area contributed by atoms with Crippen molar-refractivity contribution in [2.45, 2.75) is 32.2 Å². The van der Waals surface area contributed by atoms with E-state index in [0.29, 0.717) is 19.6 Å². The van der Waals surface area contributed by atoms with E-state index in [1.54, 1.807) is 6.92 Å². The summed E-state index contributed by atoms with van der Waals surface area (Å²) in [4.78, 5) is 11.6. The summed E-state index contributed by atoms with van der Waals surface area (Å²) in [6.07, 6.45) is 4.11. The van der Waals surface area contributed by atoms with Gasteiger partial charge in [-0.05, 0) is 44.2 Å². The Bertz CT molecular complexity index is 398. The van der Waals surface area contributed by atoms with Gasteiger partial charge in [0.15, 0.2) is 0 Å². The van der Waals surface area contributed by atoms with Crippen LogP contribution in [0.1, 0.15) is 26.2 Å². The minimum atomic E-state index is -0.499. The van der Waals surface area contributed by atoms with Crippen molar-refractivity contribution in [2.75, 3.05) is 13.2 Å². The number of halogens is 2. The van der Waals surface area contributed by atoms with Crippen molar-refractivity contribution in [1.29, 1.82) is 0 Å². The Morgan fingerprint density at radius 3 is 2.84 bits per heavy atom. The van der Waals surface area contributed by atoms with E-state index in [9.17, 15) is 13.6 Å². The average Bonchev–Trinajstić information content (AvgIpc) is 2.38. The molecule has 0 amide bonds. The second-order valence-corrected chi connectivity index (χ2v) is 5.06. The maximum atomic E-state index is 13.2. The van der Waals surface area contributed by atoms with E-state index in [0.717, 1.165) is 12.5 Å². The molecule has 0 aromatic carbocycles. The van der Waals surface area contributed by atoms with E-state index in [-0.39, 0.29) is 30.3 Å². The summed E-state index contributed by atoms with van der Waals surface area (Å²) < 4.78 is 31.4. The summed E-state index contributed by atoms with van der Waals surface area (Å²) in [5.41, 5.74) is 0. The van der Waals surface area contributed by atoms with E-state index in [4.69, 9.17) is 4.74 Å². The van der Waals surface area contributed by atoms with Crippen molar-refractivity contribution >= 4 is 5.97 Å². The number of hydrogen-bond acceptors (Lipinski definition) is 3. The molecule has 0 aromatic rings. The first-order valence-corrected chi connectivity index (χ1v) is 6.73. The highest BCUT2D eigenvalue weighted by Gasteiger charge is 2.31. The van der Waals surface area contributed by atoms with Gasteiger partial charge in [0, 0.05) is 12.5 Å². The summed E-state index contributed by atoms with van der Waals surface area (Å²) >= 11 is 0. The van der Waals surface area contributed by atoms with Gasteiger partial charge in [0.05, 0.1) is 6.61 Å². The number of ether oxygens (including phenoxy) is 1. The van der Waals surface area contributed by atoms with Crippen LogP contribution in [-0.4, -0.2) is 25.2 Å². The highest BCUT2D eigenvalue weighted by atomic mass is 19.1. The zero-order valence-corrected chi connectivity index (χ0v) is 11.0. The van der Waals surface area contributed by atoms with Crippen LogP contribution in [0.2, 0.25) is 0 Å². The van der Waals surface area contributed by atoms with E-state index in [1.807, 2.05) is 0 Å². The van der Waals surface area contributed by atoms with Gasteiger partial charge in [0.1, 0.15) is 17.7 Å². The first kappa shape index (κ1) is 14.2. The topological polar surface area (TPSA) is 38.3 Å². The fraction of sp³-hybridized carbons (Fsp3) is 0.643. The smallest absolute Gasteiger partial charge is 0.323 e. The molecule has 0 aromatic heterocycles. The molecule has 106 valence electrons. The molecule has 1 fully saturated rings. The fourth-order valence-electron chi connectivity index (χ4n) is 2.74. The van der Waals surface area contributed by atoms with Crippen molar-refractivity contribution < 1.29 is 18.3 Å². The molecule has 1 heterocycles. The lowest BCUT2D eigenvalue weighted by Crippen LogP contribution is -2.46. The highest BCUT2D eigenvalue weighted by Crippen LogP contribution is 2.33. The molecule has 3 atom stereocenters. The molecule has 1 unspecified atom stereocenters. The monoisotopic (exact) mass is 271 g/mol. The number of rotatable bonds is 3. The normalized spacial score (nSPS) is 31.4. The zero-order chi connectivity index (χ0) is 13.8. The third-order valence-electron chi connectivity index (χ3n) is 3.73. The van der Waals surface area contributed by atoms with Crippen LogP contribution >= 0.6 is 0 Å². The van der Waals surface area contributed by atoms with Gasteiger partial charge < -0.3 is 10.1 Å². The number of nitrogens with one attached hydrogen (secondary N) is 1.